The van der Waals surface area contributed by atoms with Crippen LogP contribution in [0.15, 0.2) is 42.5 Å². The van der Waals surface area contributed by atoms with Crippen LogP contribution < -0.4 is 15.0 Å². The number of carbonyl (C=O) groups is 2. The molecule has 130 valence electrons. The van der Waals surface area contributed by atoms with Crippen molar-refractivity contribution in [2.45, 2.75) is 13.3 Å². The quantitative estimate of drug-likeness (QED) is 0.849. The normalized spacial score (nSPS) is 16.8. The van der Waals surface area contributed by atoms with Crippen molar-refractivity contribution in [3.05, 3.63) is 53.1 Å². The number of anilines is 2. The van der Waals surface area contributed by atoms with Crippen LogP contribution in [0.2, 0.25) is 5.02 Å². The Morgan fingerprint density at radius 1 is 1.24 bits per heavy atom. The molecule has 0 aromatic heterocycles. The van der Waals surface area contributed by atoms with Gasteiger partial charge in [-0.2, -0.15) is 0 Å². The van der Waals surface area contributed by atoms with E-state index >= 15 is 0 Å². The third kappa shape index (κ3) is 3.61. The van der Waals surface area contributed by atoms with Gasteiger partial charge in [-0.15, -0.1) is 0 Å². The molecule has 2 amide bonds. The molecule has 1 heterocycles. The monoisotopic (exact) mass is 358 g/mol. The lowest BCUT2D eigenvalue weighted by Crippen LogP contribution is -2.33. The summed E-state index contributed by atoms with van der Waals surface area (Å²) in [6.07, 6.45) is 0.478. The molecule has 25 heavy (non-hydrogen) atoms. The SMILES string of the molecule is COc1ccc(NC(=O)[C@H]2CCN(c3ccc(C)c(Cl)c3)C2=O)cc1. The Morgan fingerprint density at radius 2 is 1.96 bits per heavy atom. The molecule has 0 saturated carbocycles. The number of rotatable bonds is 4. The zero-order valence-electron chi connectivity index (χ0n) is 14.1. The highest BCUT2D eigenvalue weighted by atomic mass is 35.5. The summed E-state index contributed by atoms with van der Waals surface area (Å²) in [6.45, 7) is 2.40. The average molecular weight is 359 g/mol. The van der Waals surface area contributed by atoms with Gasteiger partial charge in [0.1, 0.15) is 11.7 Å². The smallest absolute Gasteiger partial charge is 0.239 e. The van der Waals surface area contributed by atoms with E-state index in [1.165, 1.54) is 0 Å². The van der Waals surface area contributed by atoms with Crippen LogP contribution in [0.3, 0.4) is 0 Å². The van der Waals surface area contributed by atoms with Crippen LogP contribution in [0.5, 0.6) is 5.75 Å². The topological polar surface area (TPSA) is 58.6 Å². The third-order valence-corrected chi connectivity index (χ3v) is 4.75. The first-order valence-electron chi connectivity index (χ1n) is 8.02. The van der Waals surface area contributed by atoms with E-state index in [2.05, 4.69) is 5.32 Å². The lowest BCUT2D eigenvalue weighted by atomic mass is 10.1. The Labute approximate surface area is 151 Å². The van der Waals surface area contributed by atoms with E-state index in [4.69, 9.17) is 16.3 Å². The summed E-state index contributed by atoms with van der Waals surface area (Å²) in [5.41, 5.74) is 2.31. The molecule has 5 nitrogen and oxygen atoms in total. The zero-order chi connectivity index (χ0) is 18.0. The van der Waals surface area contributed by atoms with Crippen molar-refractivity contribution >= 4 is 34.8 Å². The maximum absolute atomic E-state index is 12.6. The van der Waals surface area contributed by atoms with Gasteiger partial charge in [0.25, 0.3) is 0 Å². The molecule has 0 spiro atoms. The van der Waals surface area contributed by atoms with Crippen molar-refractivity contribution in [3.8, 4) is 5.75 Å². The van der Waals surface area contributed by atoms with Gasteiger partial charge in [0, 0.05) is 22.9 Å². The summed E-state index contributed by atoms with van der Waals surface area (Å²) in [5, 5.41) is 3.40. The standard InChI is InChI=1S/C19H19ClN2O3/c1-12-3-6-14(11-17(12)20)22-10-9-16(19(22)24)18(23)21-13-4-7-15(25-2)8-5-13/h3-8,11,16H,9-10H2,1-2H3,(H,21,23)/t16-/m1/s1. The van der Waals surface area contributed by atoms with Gasteiger partial charge in [0.2, 0.25) is 11.8 Å². The summed E-state index contributed by atoms with van der Waals surface area (Å²) in [4.78, 5) is 26.7. The van der Waals surface area contributed by atoms with Crippen LogP contribution in [0.25, 0.3) is 0 Å². The fraction of sp³-hybridized carbons (Fsp3) is 0.263. The summed E-state index contributed by atoms with van der Waals surface area (Å²) in [7, 11) is 1.58. The van der Waals surface area contributed by atoms with E-state index < -0.39 is 5.92 Å². The number of halogens is 1. The number of methoxy groups -OCH3 is 1. The Kier molecular flexibility index (Phi) is 4.95. The van der Waals surface area contributed by atoms with Crippen LogP contribution in [-0.2, 0) is 9.59 Å². The van der Waals surface area contributed by atoms with Crippen molar-refractivity contribution in [1.29, 1.82) is 0 Å². The highest BCUT2D eigenvalue weighted by Crippen LogP contribution is 2.29. The maximum atomic E-state index is 12.6. The molecule has 2 aromatic carbocycles. The molecule has 0 unspecified atom stereocenters. The van der Waals surface area contributed by atoms with Crippen molar-refractivity contribution in [1.82, 2.24) is 0 Å². The first-order chi connectivity index (χ1) is 12.0. The molecule has 0 aliphatic carbocycles. The Morgan fingerprint density at radius 3 is 2.60 bits per heavy atom. The Bertz CT molecular complexity index is 805. The lowest BCUT2D eigenvalue weighted by molar-refractivity contribution is -0.129. The van der Waals surface area contributed by atoms with Crippen LogP contribution in [0, 0.1) is 12.8 Å². The molecule has 1 N–H and O–H groups in total. The number of aryl methyl sites for hydroxylation is 1. The molecular weight excluding hydrogens is 340 g/mol. The second-order valence-corrected chi connectivity index (χ2v) is 6.39. The number of nitrogens with one attached hydrogen (secondary N) is 1. The van der Waals surface area contributed by atoms with E-state index in [0.29, 0.717) is 29.4 Å². The van der Waals surface area contributed by atoms with Gasteiger partial charge < -0.3 is 15.0 Å². The number of nitrogens with zero attached hydrogens (tertiary/aromatic N) is 1. The largest absolute Gasteiger partial charge is 0.497 e. The zero-order valence-corrected chi connectivity index (χ0v) is 14.8. The number of ether oxygens (including phenoxy) is 1. The molecule has 2 aromatic rings. The highest BCUT2D eigenvalue weighted by molar-refractivity contribution is 6.31. The minimum Gasteiger partial charge on any atom is -0.497 e. The maximum Gasteiger partial charge on any atom is 0.239 e. The highest BCUT2D eigenvalue weighted by Gasteiger charge is 2.37. The molecule has 0 bridgehead atoms. The van der Waals surface area contributed by atoms with Crippen LogP contribution in [0.1, 0.15) is 12.0 Å². The number of amides is 2. The van der Waals surface area contributed by atoms with Crippen molar-refractivity contribution in [2.75, 3.05) is 23.9 Å². The van der Waals surface area contributed by atoms with Gasteiger partial charge in [-0.25, -0.2) is 0 Å². The van der Waals surface area contributed by atoms with Crippen LogP contribution in [0.4, 0.5) is 11.4 Å². The first-order valence-corrected chi connectivity index (χ1v) is 8.40. The summed E-state index contributed by atoms with van der Waals surface area (Å²) in [5.74, 6) is -0.485. The fourth-order valence-electron chi connectivity index (χ4n) is 2.83. The molecule has 1 saturated heterocycles. The molecule has 3 rings (SSSR count). The molecule has 0 radical (unpaired) electrons. The van der Waals surface area contributed by atoms with Crippen LogP contribution >= 0.6 is 11.6 Å². The fourth-order valence-corrected chi connectivity index (χ4v) is 3.01. The molecule has 1 atom stereocenters. The van der Waals surface area contributed by atoms with Gasteiger partial charge in [-0.3, -0.25) is 9.59 Å². The number of hydrogen-bond acceptors (Lipinski definition) is 3. The van der Waals surface area contributed by atoms with Gasteiger partial charge in [0.15, 0.2) is 0 Å². The van der Waals surface area contributed by atoms with E-state index in [0.717, 1.165) is 11.3 Å². The number of benzene rings is 2. The van der Waals surface area contributed by atoms with Gasteiger partial charge in [0.05, 0.1) is 7.11 Å². The first kappa shape index (κ1) is 17.3. The van der Waals surface area contributed by atoms with Gasteiger partial charge >= 0.3 is 0 Å². The predicted octanol–water partition coefficient (Wildman–Crippen LogP) is 3.65. The third-order valence-electron chi connectivity index (χ3n) is 4.35. The molecule has 1 aliphatic rings. The van der Waals surface area contributed by atoms with Gasteiger partial charge in [-0.1, -0.05) is 17.7 Å². The minimum absolute atomic E-state index is 0.203. The van der Waals surface area contributed by atoms with E-state index in [1.54, 1.807) is 42.3 Å². The van der Waals surface area contributed by atoms with Crippen molar-refractivity contribution in [2.24, 2.45) is 5.92 Å². The molecule has 6 heteroatoms. The second kappa shape index (κ2) is 7.15. The second-order valence-electron chi connectivity index (χ2n) is 5.98. The Hall–Kier alpha value is -2.53. The lowest BCUT2D eigenvalue weighted by Gasteiger charge is -2.17. The molecule has 1 fully saturated rings. The number of hydrogen-bond donors (Lipinski definition) is 1. The van der Waals surface area contributed by atoms with E-state index in [1.807, 2.05) is 19.1 Å². The summed E-state index contributed by atoms with van der Waals surface area (Å²) in [6, 6.07) is 12.5. The van der Waals surface area contributed by atoms with E-state index in [-0.39, 0.29) is 11.8 Å². The van der Waals surface area contributed by atoms with E-state index in [9.17, 15) is 9.59 Å². The number of carbonyl (C=O) groups excluding carboxylic acids is 2. The minimum atomic E-state index is -0.692. The molecular formula is C19H19ClN2O3. The summed E-state index contributed by atoms with van der Waals surface area (Å²) < 4.78 is 5.09. The Balaban J connectivity index is 1.70. The van der Waals surface area contributed by atoms with Crippen molar-refractivity contribution in [3.63, 3.8) is 0 Å². The van der Waals surface area contributed by atoms with Gasteiger partial charge in [-0.05, 0) is 55.3 Å². The molecule has 1 aliphatic heterocycles. The van der Waals surface area contributed by atoms with Crippen molar-refractivity contribution < 1.29 is 14.3 Å². The predicted molar refractivity (Wildman–Crippen MR) is 98.3 cm³/mol. The summed E-state index contributed by atoms with van der Waals surface area (Å²) >= 11 is 6.14. The van der Waals surface area contributed by atoms with Crippen LogP contribution in [-0.4, -0.2) is 25.5 Å². The average Bonchev–Trinajstić information content (AvgIpc) is 2.99.